The molecule has 0 aromatic heterocycles. The van der Waals surface area contributed by atoms with Crippen LogP contribution in [-0.2, 0) is 22.6 Å². The van der Waals surface area contributed by atoms with Gasteiger partial charge in [0, 0.05) is 82.8 Å². The fourth-order valence-electron chi connectivity index (χ4n) is 9.51. The van der Waals surface area contributed by atoms with Crippen LogP contribution in [0.4, 0.5) is 11.4 Å². The topological polar surface area (TPSA) is 96.4 Å². The van der Waals surface area contributed by atoms with E-state index in [0.29, 0.717) is 30.2 Å². The van der Waals surface area contributed by atoms with E-state index < -0.39 is 6.04 Å². The molecule has 0 saturated carbocycles. The lowest BCUT2D eigenvalue weighted by Gasteiger charge is -2.40. The second kappa shape index (κ2) is 17.0. The number of likely N-dealkylation sites (N-methyl/N-ethyl adjacent to an activating group) is 1. The summed E-state index contributed by atoms with van der Waals surface area (Å²) in [5.74, 6) is 0.634. The van der Waals surface area contributed by atoms with Crippen LogP contribution >= 0.6 is 0 Å². The van der Waals surface area contributed by atoms with Crippen LogP contribution in [0.25, 0.3) is 11.1 Å². The number of phenols is 1. The predicted molar refractivity (Wildman–Crippen MR) is 228 cm³/mol. The van der Waals surface area contributed by atoms with Crippen LogP contribution in [0.15, 0.2) is 84.9 Å². The van der Waals surface area contributed by atoms with Crippen molar-refractivity contribution in [2.24, 2.45) is 5.92 Å². The molecule has 4 aliphatic rings. The largest absolute Gasteiger partial charge is 0.508 e. The summed E-state index contributed by atoms with van der Waals surface area (Å²) in [4.78, 5) is 46.1. The Hall–Kier alpha value is -5.41. The lowest BCUT2D eigenvalue weighted by Crippen LogP contribution is -2.49. The molecule has 1 unspecified atom stereocenters. The van der Waals surface area contributed by atoms with Crippen molar-refractivity contribution in [1.82, 2.24) is 15.1 Å². The van der Waals surface area contributed by atoms with Gasteiger partial charge in [-0.2, -0.15) is 0 Å². The first-order valence-corrected chi connectivity index (χ1v) is 20.8. The van der Waals surface area contributed by atoms with Gasteiger partial charge in [-0.1, -0.05) is 48.0 Å². The highest BCUT2D eigenvalue weighted by Crippen LogP contribution is 2.41. The van der Waals surface area contributed by atoms with Gasteiger partial charge in [0.05, 0.1) is 0 Å². The molecule has 9 heteroatoms. The average molecular weight is 766 g/mol. The van der Waals surface area contributed by atoms with Crippen molar-refractivity contribution in [2.45, 2.75) is 64.5 Å². The van der Waals surface area contributed by atoms with E-state index in [1.165, 1.54) is 57.5 Å². The molecule has 0 radical (unpaired) electrons. The molecule has 2 N–H and O–H groups in total. The van der Waals surface area contributed by atoms with Crippen LogP contribution in [0, 0.1) is 12.8 Å². The Bertz CT molecular complexity index is 2130. The maximum Gasteiger partial charge on any atom is 0.255 e. The monoisotopic (exact) mass is 765 g/mol. The molecule has 0 spiro atoms. The number of phenolic OH excluding ortho intramolecular Hbond substituents is 1. The van der Waals surface area contributed by atoms with Crippen molar-refractivity contribution in [3.05, 3.63) is 124 Å². The molecule has 3 aliphatic heterocycles. The van der Waals surface area contributed by atoms with E-state index >= 15 is 0 Å². The van der Waals surface area contributed by atoms with E-state index in [2.05, 4.69) is 87.6 Å². The lowest BCUT2D eigenvalue weighted by molar-refractivity contribution is -0.125. The van der Waals surface area contributed by atoms with Crippen molar-refractivity contribution < 1.29 is 19.5 Å². The quantitative estimate of drug-likeness (QED) is 0.158. The van der Waals surface area contributed by atoms with E-state index in [1.54, 1.807) is 11.9 Å². The van der Waals surface area contributed by atoms with Crippen LogP contribution in [0.1, 0.15) is 82.3 Å². The van der Waals surface area contributed by atoms with E-state index in [0.717, 1.165) is 82.6 Å². The molecule has 1 atom stereocenters. The van der Waals surface area contributed by atoms with Gasteiger partial charge in [-0.05, 0) is 133 Å². The Morgan fingerprint density at radius 1 is 0.807 bits per heavy atom. The molecular formula is C48H55N5O4. The molecule has 2 saturated heterocycles. The molecule has 3 heterocycles. The summed E-state index contributed by atoms with van der Waals surface area (Å²) >= 11 is 0. The molecule has 296 valence electrons. The zero-order chi connectivity index (χ0) is 39.5. The number of benzene rings is 4. The van der Waals surface area contributed by atoms with Crippen molar-refractivity contribution >= 4 is 40.6 Å². The number of hydrogen-bond donors (Lipinski definition) is 2. The fraction of sp³-hybridized carbons (Fsp3) is 0.396. The van der Waals surface area contributed by atoms with Gasteiger partial charge in [0.2, 0.25) is 5.91 Å². The van der Waals surface area contributed by atoms with E-state index in [1.807, 2.05) is 24.3 Å². The number of aldehydes is 1. The molecule has 1 aliphatic carbocycles. The van der Waals surface area contributed by atoms with Gasteiger partial charge >= 0.3 is 0 Å². The summed E-state index contributed by atoms with van der Waals surface area (Å²) < 4.78 is 0. The number of anilines is 2. The minimum absolute atomic E-state index is 0.141. The Kier molecular flexibility index (Phi) is 11.5. The van der Waals surface area contributed by atoms with Gasteiger partial charge in [-0.3, -0.25) is 14.5 Å². The van der Waals surface area contributed by atoms with Crippen molar-refractivity contribution in [1.29, 1.82) is 0 Å². The molecule has 4 aromatic carbocycles. The normalized spacial score (nSPS) is 18.3. The first kappa shape index (κ1) is 38.5. The molecule has 9 nitrogen and oxygen atoms in total. The SMILES string of the molecule is CNC(=O)C(CCC=O)N1Cc2cc(N3CCN(CC4CCN(c5ccc(C6=C(c7ccc(C)cc7)CCCc7cc(O)ccc76)cc5)CC4)CC3)ccc2C1=O. The third-order valence-corrected chi connectivity index (χ3v) is 12.7. The van der Waals surface area contributed by atoms with Gasteiger partial charge < -0.3 is 29.9 Å². The third-order valence-electron chi connectivity index (χ3n) is 12.7. The first-order chi connectivity index (χ1) is 27.8. The van der Waals surface area contributed by atoms with Gasteiger partial charge in [0.1, 0.15) is 18.1 Å². The highest BCUT2D eigenvalue weighted by Gasteiger charge is 2.36. The number of piperidine rings is 1. The predicted octanol–water partition coefficient (Wildman–Crippen LogP) is 7.08. The summed E-state index contributed by atoms with van der Waals surface area (Å²) in [6, 6.07) is 29.4. The lowest BCUT2D eigenvalue weighted by atomic mass is 9.87. The number of allylic oxidation sites excluding steroid dienone is 1. The Morgan fingerprint density at radius 2 is 1.49 bits per heavy atom. The minimum atomic E-state index is -0.650. The number of carbonyl (C=O) groups excluding carboxylic acids is 3. The summed E-state index contributed by atoms with van der Waals surface area (Å²) in [5, 5.41) is 13.0. The fourth-order valence-corrected chi connectivity index (χ4v) is 9.51. The first-order valence-electron chi connectivity index (χ1n) is 20.8. The zero-order valence-electron chi connectivity index (χ0n) is 33.4. The average Bonchev–Trinajstić information content (AvgIpc) is 3.44. The highest BCUT2D eigenvalue weighted by atomic mass is 16.3. The number of carbonyl (C=O) groups is 3. The Balaban J connectivity index is 0.865. The second-order valence-electron chi connectivity index (χ2n) is 16.3. The number of rotatable bonds is 11. The smallest absolute Gasteiger partial charge is 0.255 e. The molecule has 2 amide bonds. The zero-order valence-corrected chi connectivity index (χ0v) is 33.4. The Morgan fingerprint density at radius 3 is 2.21 bits per heavy atom. The highest BCUT2D eigenvalue weighted by molar-refractivity contribution is 6.02. The van der Waals surface area contributed by atoms with Crippen LogP contribution in [0.3, 0.4) is 0 Å². The maximum atomic E-state index is 13.3. The van der Waals surface area contributed by atoms with Crippen LogP contribution in [-0.4, -0.2) is 91.9 Å². The number of aryl methyl sites for hydroxylation is 2. The molecule has 8 rings (SSSR count). The minimum Gasteiger partial charge on any atom is -0.508 e. The number of amides is 2. The summed E-state index contributed by atoms with van der Waals surface area (Å²) in [5.41, 5.74) is 12.9. The van der Waals surface area contributed by atoms with Crippen molar-refractivity contribution in [2.75, 3.05) is 62.7 Å². The molecule has 4 aromatic rings. The van der Waals surface area contributed by atoms with Crippen molar-refractivity contribution in [3.63, 3.8) is 0 Å². The van der Waals surface area contributed by atoms with Gasteiger partial charge in [0.25, 0.3) is 5.91 Å². The van der Waals surface area contributed by atoms with E-state index in [4.69, 9.17) is 0 Å². The van der Waals surface area contributed by atoms with Crippen molar-refractivity contribution in [3.8, 4) is 5.75 Å². The van der Waals surface area contributed by atoms with E-state index in [9.17, 15) is 19.5 Å². The number of aromatic hydroxyl groups is 1. The van der Waals surface area contributed by atoms with E-state index in [-0.39, 0.29) is 18.2 Å². The molecule has 0 bridgehead atoms. The number of nitrogens with one attached hydrogen (secondary N) is 1. The van der Waals surface area contributed by atoms with Gasteiger partial charge in [-0.15, -0.1) is 0 Å². The van der Waals surface area contributed by atoms with Gasteiger partial charge in [0.15, 0.2) is 0 Å². The van der Waals surface area contributed by atoms with Crippen LogP contribution in [0.2, 0.25) is 0 Å². The molecule has 2 fully saturated rings. The van der Waals surface area contributed by atoms with Gasteiger partial charge in [-0.25, -0.2) is 0 Å². The number of hydrogen-bond acceptors (Lipinski definition) is 7. The van der Waals surface area contributed by atoms with Crippen LogP contribution < -0.4 is 15.1 Å². The summed E-state index contributed by atoms with van der Waals surface area (Å²) in [6.07, 6.45) is 6.73. The summed E-state index contributed by atoms with van der Waals surface area (Å²) in [7, 11) is 1.57. The van der Waals surface area contributed by atoms with Crippen LogP contribution in [0.5, 0.6) is 5.75 Å². The number of nitrogens with zero attached hydrogens (tertiary/aromatic N) is 4. The Labute approximate surface area is 337 Å². The number of fused-ring (bicyclic) bond motifs is 2. The summed E-state index contributed by atoms with van der Waals surface area (Å²) in [6.45, 7) is 9.67. The third kappa shape index (κ3) is 8.21. The standard InChI is InChI=1S/C48H55N5O4/c1-33-8-10-35(11-9-33)42-6-3-5-37-30-41(55)17-19-43(37)46(42)36-12-14-39(15-13-36)51-22-20-34(21-23-51)31-50-24-26-52(27-25-50)40-16-18-44-38(29-40)32-53(48(44)57)45(7-4-28-54)47(56)49-2/h8-19,28-30,34,45,55H,3-7,20-27,31-32H2,1-2H3,(H,49,56). The maximum absolute atomic E-state index is 13.3. The number of piperazine rings is 1. The molecule has 57 heavy (non-hydrogen) atoms. The second-order valence-corrected chi connectivity index (χ2v) is 16.3. The molecular weight excluding hydrogens is 711 g/mol.